The van der Waals surface area contributed by atoms with Crippen LogP contribution in [0.3, 0.4) is 0 Å². The van der Waals surface area contributed by atoms with E-state index in [0.717, 1.165) is 11.1 Å². The Morgan fingerprint density at radius 2 is 1.70 bits per heavy atom. The van der Waals surface area contributed by atoms with E-state index in [2.05, 4.69) is 11.4 Å². The molecule has 116 valence electrons. The van der Waals surface area contributed by atoms with Gasteiger partial charge in [0, 0.05) is 0 Å². The van der Waals surface area contributed by atoms with Gasteiger partial charge in [-0.2, -0.15) is 0 Å². The summed E-state index contributed by atoms with van der Waals surface area (Å²) in [4.78, 5) is 12.0. The zero-order valence-electron chi connectivity index (χ0n) is 12.5. The molecule has 1 N–H and O–H groups in total. The molecule has 0 fully saturated rings. The molecule has 0 aliphatic rings. The summed E-state index contributed by atoms with van der Waals surface area (Å²) in [6.45, 7) is 0.811. The number of benzene rings is 3. The van der Waals surface area contributed by atoms with Crippen LogP contribution in [0.15, 0.2) is 66.7 Å². The molecule has 0 atom stereocenters. The third kappa shape index (κ3) is 3.82. The minimum atomic E-state index is -0.197. The number of fused-ring (bicyclic) bond motifs is 1. The molecule has 1 amide bonds. The molecule has 0 bridgehead atoms. The molecule has 0 radical (unpaired) electrons. The molecule has 0 spiro atoms. The predicted octanol–water partition coefficient (Wildman–Crippen LogP) is 4.30. The Labute approximate surface area is 139 Å². The van der Waals surface area contributed by atoms with Crippen molar-refractivity contribution >= 4 is 28.3 Å². The fraction of sp³-hybridized carbons (Fsp3) is 0.105. The Bertz CT molecular complexity index is 832. The van der Waals surface area contributed by atoms with E-state index in [4.69, 9.17) is 16.3 Å². The SMILES string of the molecule is O=C(NCCOc1ccc2ccccc2c1)c1ccccc1Cl. The van der Waals surface area contributed by atoms with Crippen molar-refractivity contribution in [3.8, 4) is 5.75 Å². The van der Waals surface area contributed by atoms with Gasteiger partial charge in [0.2, 0.25) is 0 Å². The Kier molecular flexibility index (Phi) is 4.79. The largest absolute Gasteiger partial charge is 0.492 e. The van der Waals surface area contributed by atoms with E-state index >= 15 is 0 Å². The van der Waals surface area contributed by atoms with Crippen molar-refractivity contribution in [3.05, 3.63) is 77.3 Å². The zero-order chi connectivity index (χ0) is 16.1. The third-order valence-corrected chi connectivity index (χ3v) is 3.83. The minimum absolute atomic E-state index is 0.197. The van der Waals surface area contributed by atoms with E-state index in [1.807, 2.05) is 36.4 Å². The van der Waals surface area contributed by atoms with Gasteiger partial charge >= 0.3 is 0 Å². The molecular weight excluding hydrogens is 310 g/mol. The van der Waals surface area contributed by atoms with E-state index < -0.39 is 0 Å². The summed E-state index contributed by atoms with van der Waals surface area (Å²) in [6, 6.07) is 21.0. The molecular formula is C19H16ClNO2. The second-order valence-corrected chi connectivity index (χ2v) is 5.50. The highest BCUT2D eigenvalue weighted by atomic mass is 35.5. The van der Waals surface area contributed by atoms with Crippen molar-refractivity contribution in [3.63, 3.8) is 0 Å². The lowest BCUT2D eigenvalue weighted by molar-refractivity contribution is 0.0947. The van der Waals surface area contributed by atoms with Crippen LogP contribution in [0, 0.1) is 0 Å². The molecule has 4 heteroatoms. The van der Waals surface area contributed by atoms with E-state index in [1.165, 1.54) is 5.39 Å². The minimum Gasteiger partial charge on any atom is -0.492 e. The normalized spacial score (nSPS) is 10.5. The molecule has 0 saturated carbocycles. The molecule has 0 aliphatic heterocycles. The molecule has 3 rings (SSSR count). The maximum absolute atomic E-state index is 12.0. The maximum atomic E-state index is 12.0. The highest BCUT2D eigenvalue weighted by molar-refractivity contribution is 6.33. The Hall–Kier alpha value is -2.52. The van der Waals surface area contributed by atoms with Gasteiger partial charge in [0.15, 0.2) is 0 Å². The molecule has 3 aromatic rings. The smallest absolute Gasteiger partial charge is 0.252 e. The van der Waals surface area contributed by atoms with Crippen molar-refractivity contribution in [2.45, 2.75) is 0 Å². The monoisotopic (exact) mass is 325 g/mol. The Balaban J connectivity index is 1.53. The molecule has 0 unspecified atom stereocenters. The standard InChI is InChI=1S/C19H16ClNO2/c20-18-8-4-3-7-17(18)19(22)21-11-12-23-16-10-9-14-5-1-2-6-15(14)13-16/h1-10,13H,11-12H2,(H,21,22). The van der Waals surface area contributed by atoms with E-state index in [9.17, 15) is 4.79 Å². The highest BCUT2D eigenvalue weighted by Gasteiger charge is 2.08. The van der Waals surface area contributed by atoms with Crippen LogP contribution in [0.2, 0.25) is 5.02 Å². The number of nitrogens with one attached hydrogen (secondary N) is 1. The number of halogens is 1. The number of rotatable bonds is 5. The number of carbonyl (C=O) groups is 1. The molecule has 23 heavy (non-hydrogen) atoms. The molecule has 0 aliphatic carbocycles. The fourth-order valence-corrected chi connectivity index (χ4v) is 2.55. The van der Waals surface area contributed by atoms with E-state index in [1.54, 1.807) is 24.3 Å². The van der Waals surface area contributed by atoms with Crippen LogP contribution in [0.25, 0.3) is 10.8 Å². The first kappa shape index (κ1) is 15.4. The quantitative estimate of drug-likeness (QED) is 0.710. The van der Waals surface area contributed by atoms with Crippen LogP contribution in [0.5, 0.6) is 5.75 Å². The maximum Gasteiger partial charge on any atom is 0.252 e. The van der Waals surface area contributed by atoms with E-state index in [0.29, 0.717) is 23.7 Å². The first-order valence-corrected chi connectivity index (χ1v) is 7.76. The average molecular weight is 326 g/mol. The summed E-state index contributed by atoms with van der Waals surface area (Å²) < 4.78 is 5.68. The molecule has 0 aromatic heterocycles. The summed E-state index contributed by atoms with van der Waals surface area (Å²) in [6.07, 6.45) is 0. The fourth-order valence-electron chi connectivity index (χ4n) is 2.33. The van der Waals surface area contributed by atoms with E-state index in [-0.39, 0.29) is 5.91 Å². The van der Waals surface area contributed by atoms with Gasteiger partial charge in [-0.3, -0.25) is 4.79 Å². The van der Waals surface area contributed by atoms with Crippen molar-refractivity contribution in [1.29, 1.82) is 0 Å². The van der Waals surface area contributed by atoms with Crippen molar-refractivity contribution in [2.75, 3.05) is 13.2 Å². The summed E-state index contributed by atoms with van der Waals surface area (Å²) >= 11 is 5.99. The van der Waals surface area contributed by atoms with Crippen LogP contribution < -0.4 is 10.1 Å². The summed E-state index contributed by atoms with van der Waals surface area (Å²) in [5, 5.41) is 5.55. The second kappa shape index (κ2) is 7.16. The highest BCUT2D eigenvalue weighted by Crippen LogP contribution is 2.20. The van der Waals surface area contributed by atoms with Gasteiger partial charge in [-0.05, 0) is 35.0 Å². The van der Waals surface area contributed by atoms with Crippen molar-refractivity contribution < 1.29 is 9.53 Å². The van der Waals surface area contributed by atoms with Crippen LogP contribution >= 0.6 is 11.6 Å². The lowest BCUT2D eigenvalue weighted by Crippen LogP contribution is -2.28. The Morgan fingerprint density at radius 1 is 0.957 bits per heavy atom. The van der Waals surface area contributed by atoms with Gasteiger partial charge in [0.1, 0.15) is 12.4 Å². The zero-order valence-corrected chi connectivity index (χ0v) is 13.2. The van der Waals surface area contributed by atoms with Gasteiger partial charge in [0.25, 0.3) is 5.91 Å². The summed E-state index contributed by atoms with van der Waals surface area (Å²) in [5.41, 5.74) is 0.472. The Morgan fingerprint density at radius 3 is 2.52 bits per heavy atom. The number of ether oxygens (including phenoxy) is 1. The van der Waals surface area contributed by atoms with Crippen molar-refractivity contribution in [2.24, 2.45) is 0 Å². The second-order valence-electron chi connectivity index (χ2n) is 5.09. The lowest BCUT2D eigenvalue weighted by Gasteiger charge is -2.09. The van der Waals surface area contributed by atoms with Gasteiger partial charge in [-0.1, -0.05) is 54.1 Å². The van der Waals surface area contributed by atoms with Crippen molar-refractivity contribution in [1.82, 2.24) is 5.32 Å². The summed E-state index contributed by atoms with van der Waals surface area (Å²) in [7, 11) is 0. The molecule has 0 saturated heterocycles. The lowest BCUT2D eigenvalue weighted by atomic mass is 10.1. The first-order valence-electron chi connectivity index (χ1n) is 7.38. The molecule has 3 nitrogen and oxygen atoms in total. The van der Waals surface area contributed by atoms with Gasteiger partial charge in [-0.25, -0.2) is 0 Å². The van der Waals surface area contributed by atoms with Crippen LogP contribution in [-0.2, 0) is 0 Å². The van der Waals surface area contributed by atoms with Gasteiger partial charge in [0.05, 0.1) is 17.1 Å². The van der Waals surface area contributed by atoms with Crippen LogP contribution in [0.1, 0.15) is 10.4 Å². The van der Waals surface area contributed by atoms with Gasteiger partial charge < -0.3 is 10.1 Å². The molecule has 3 aromatic carbocycles. The number of amides is 1. The molecule has 0 heterocycles. The average Bonchev–Trinajstić information content (AvgIpc) is 2.59. The predicted molar refractivity (Wildman–Crippen MR) is 93.2 cm³/mol. The van der Waals surface area contributed by atoms with Crippen LogP contribution in [0.4, 0.5) is 0 Å². The van der Waals surface area contributed by atoms with Gasteiger partial charge in [-0.15, -0.1) is 0 Å². The van der Waals surface area contributed by atoms with Crippen LogP contribution in [-0.4, -0.2) is 19.1 Å². The first-order chi connectivity index (χ1) is 11.2. The number of hydrogen-bond acceptors (Lipinski definition) is 2. The third-order valence-electron chi connectivity index (χ3n) is 3.50. The topological polar surface area (TPSA) is 38.3 Å². The number of carbonyl (C=O) groups excluding carboxylic acids is 1. The number of hydrogen-bond donors (Lipinski definition) is 1. The summed E-state index contributed by atoms with van der Waals surface area (Å²) in [5.74, 6) is 0.591.